The summed E-state index contributed by atoms with van der Waals surface area (Å²) in [4.78, 5) is 0. The molecule has 2 aromatic heterocycles. The monoisotopic (exact) mass is 610 g/mol. The zero-order valence-corrected chi connectivity index (χ0v) is 26.2. The fourth-order valence-corrected chi connectivity index (χ4v) is 7.62. The largest absolute Gasteiger partial charge is 0.309 e. The predicted octanol–water partition coefficient (Wildman–Crippen LogP) is 12.4. The topological polar surface area (TPSA) is 9.86 Å². The molecule has 0 unspecified atom stereocenters. The third-order valence-electron chi connectivity index (χ3n) is 9.88. The fourth-order valence-electron chi connectivity index (χ4n) is 7.62. The second kappa shape index (κ2) is 10.6. The summed E-state index contributed by atoms with van der Waals surface area (Å²) in [5.74, 6) is 0. The minimum Gasteiger partial charge on any atom is -0.309 e. The quantitative estimate of drug-likeness (QED) is 0.188. The lowest BCUT2D eigenvalue weighted by molar-refractivity contribution is 1.18. The standard InChI is InChI=1S/C46H30N2/c1-3-11-31(12-4-1)32-19-20-34-28-38(24-21-33(34)27-32)48-44-18-10-8-16-40(44)42-30-36(23-26-46(42)48)35-22-25-45-41(29-35)39-15-7-9-17-43(39)47(45)37-13-5-2-6-14-37/h1-30H. The van der Waals surface area contributed by atoms with Gasteiger partial charge < -0.3 is 9.13 Å². The van der Waals surface area contributed by atoms with E-state index in [2.05, 4.69) is 191 Å². The lowest BCUT2D eigenvalue weighted by Gasteiger charge is -2.11. The molecule has 2 nitrogen and oxygen atoms in total. The van der Waals surface area contributed by atoms with Crippen LogP contribution in [0.2, 0.25) is 0 Å². The molecule has 0 aliphatic heterocycles. The number of hydrogen-bond donors (Lipinski definition) is 0. The molecule has 0 fully saturated rings. The molecule has 2 heteroatoms. The van der Waals surface area contributed by atoms with Crippen LogP contribution >= 0.6 is 0 Å². The van der Waals surface area contributed by atoms with Crippen molar-refractivity contribution in [3.63, 3.8) is 0 Å². The van der Waals surface area contributed by atoms with Gasteiger partial charge in [0.2, 0.25) is 0 Å². The van der Waals surface area contributed by atoms with Crippen molar-refractivity contribution in [1.82, 2.24) is 9.13 Å². The molecule has 0 N–H and O–H groups in total. The van der Waals surface area contributed by atoms with Crippen LogP contribution in [-0.2, 0) is 0 Å². The van der Waals surface area contributed by atoms with E-state index in [0.717, 1.165) is 0 Å². The molecule has 48 heavy (non-hydrogen) atoms. The van der Waals surface area contributed by atoms with E-state index in [0.29, 0.717) is 0 Å². The Kier molecular flexibility index (Phi) is 5.91. The molecule has 0 aliphatic rings. The SMILES string of the molecule is c1ccc(-c2ccc3cc(-n4c5ccccc5c5cc(-c6ccc7c(c6)c6ccccc6n7-c6ccccc6)ccc54)ccc3c2)cc1. The molecule has 0 radical (unpaired) electrons. The highest BCUT2D eigenvalue weighted by atomic mass is 15.0. The predicted molar refractivity (Wildman–Crippen MR) is 203 cm³/mol. The van der Waals surface area contributed by atoms with Crippen LogP contribution in [-0.4, -0.2) is 9.13 Å². The van der Waals surface area contributed by atoms with Crippen molar-refractivity contribution in [3.05, 3.63) is 182 Å². The van der Waals surface area contributed by atoms with E-state index in [4.69, 9.17) is 0 Å². The fraction of sp³-hybridized carbons (Fsp3) is 0. The number of fused-ring (bicyclic) bond motifs is 7. The average molecular weight is 611 g/mol. The summed E-state index contributed by atoms with van der Waals surface area (Å²) in [5, 5.41) is 7.53. The zero-order valence-electron chi connectivity index (χ0n) is 26.2. The van der Waals surface area contributed by atoms with E-state index in [1.165, 1.54) is 88.0 Å². The van der Waals surface area contributed by atoms with Crippen molar-refractivity contribution in [2.24, 2.45) is 0 Å². The highest BCUT2D eigenvalue weighted by Crippen LogP contribution is 2.38. The minimum absolute atomic E-state index is 1.17. The lowest BCUT2D eigenvalue weighted by atomic mass is 10.0. The van der Waals surface area contributed by atoms with Crippen molar-refractivity contribution in [2.75, 3.05) is 0 Å². The van der Waals surface area contributed by atoms with Gasteiger partial charge in [-0.3, -0.25) is 0 Å². The van der Waals surface area contributed by atoms with E-state index in [9.17, 15) is 0 Å². The summed E-state index contributed by atoms with van der Waals surface area (Å²) >= 11 is 0. The Morgan fingerprint density at radius 1 is 0.250 bits per heavy atom. The van der Waals surface area contributed by atoms with Gasteiger partial charge in [-0.1, -0.05) is 115 Å². The molecule has 2 heterocycles. The molecule has 10 aromatic rings. The first-order chi connectivity index (χ1) is 23.8. The van der Waals surface area contributed by atoms with Gasteiger partial charge in [0.1, 0.15) is 0 Å². The van der Waals surface area contributed by atoms with Crippen LogP contribution in [0.5, 0.6) is 0 Å². The Labute approximate surface area is 278 Å². The molecular formula is C46H30N2. The zero-order chi connectivity index (χ0) is 31.6. The minimum atomic E-state index is 1.17. The highest BCUT2D eigenvalue weighted by molar-refractivity contribution is 6.12. The second-order valence-corrected chi connectivity index (χ2v) is 12.6. The van der Waals surface area contributed by atoms with Crippen LogP contribution in [0.1, 0.15) is 0 Å². The van der Waals surface area contributed by atoms with E-state index in [-0.39, 0.29) is 0 Å². The first kappa shape index (κ1) is 26.8. The van der Waals surface area contributed by atoms with Crippen molar-refractivity contribution >= 4 is 54.4 Å². The Bertz CT molecular complexity index is 2820. The molecule has 0 saturated carbocycles. The third-order valence-corrected chi connectivity index (χ3v) is 9.88. The number of aromatic nitrogens is 2. The Balaban J connectivity index is 1.12. The summed E-state index contributed by atoms with van der Waals surface area (Å²) in [7, 11) is 0. The van der Waals surface area contributed by atoms with Gasteiger partial charge in [0.25, 0.3) is 0 Å². The third kappa shape index (κ3) is 4.13. The summed E-state index contributed by atoms with van der Waals surface area (Å²) in [6, 6.07) is 66.2. The lowest BCUT2D eigenvalue weighted by Crippen LogP contribution is -1.94. The molecule has 0 bridgehead atoms. The van der Waals surface area contributed by atoms with Crippen molar-refractivity contribution < 1.29 is 0 Å². The molecular weight excluding hydrogens is 581 g/mol. The number of para-hydroxylation sites is 3. The Morgan fingerprint density at radius 3 is 1.35 bits per heavy atom. The van der Waals surface area contributed by atoms with Crippen LogP contribution in [0, 0.1) is 0 Å². The van der Waals surface area contributed by atoms with E-state index in [1.807, 2.05) is 0 Å². The molecule has 8 aromatic carbocycles. The number of rotatable bonds is 4. The van der Waals surface area contributed by atoms with Gasteiger partial charge in [0.15, 0.2) is 0 Å². The molecule has 0 saturated heterocycles. The maximum Gasteiger partial charge on any atom is 0.0541 e. The second-order valence-electron chi connectivity index (χ2n) is 12.6. The number of benzene rings is 8. The summed E-state index contributed by atoms with van der Waals surface area (Å²) in [5.41, 5.74) is 12.1. The van der Waals surface area contributed by atoms with E-state index >= 15 is 0 Å². The maximum absolute atomic E-state index is 2.41. The highest BCUT2D eigenvalue weighted by Gasteiger charge is 2.16. The maximum atomic E-state index is 2.41. The van der Waals surface area contributed by atoms with Gasteiger partial charge >= 0.3 is 0 Å². The summed E-state index contributed by atoms with van der Waals surface area (Å²) < 4.78 is 4.78. The van der Waals surface area contributed by atoms with Crippen LogP contribution in [0.15, 0.2) is 182 Å². The Hall–Kier alpha value is -6.38. The average Bonchev–Trinajstić information content (AvgIpc) is 3.67. The normalized spacial score (nSPS) is 11.8. The van der Waals surface area contributed by atoms with Gasteiger partial charge in [0, 0.05) is 32.9 Å². The number of nitrogens with zero attached hydrogens (tertiary/aromatic N) is 2. The molecule has 0 aliphatic carbocycles. The van der Waals surface area contributed by atoms with Crippen LogP contribution in [0.25, 0.3) is 88.0 Å². The molecule has 0 atom stereocenters. The van der Waals surface area contributed by atoms with Crippen molar-refractivity contribution in [1.29, 1.82) is 0 Å². The van der Waals surface area contributed by atoms with Gasteiger partial charge in [0.05, 0.1) is 22.1 Å². The smallest absolute Gasteiger partial charge is 0.0541 e. The van der Waals surface area contributed by atoms with E-state index in [1.54, 1.807) is 0 Å². The van der Waals surface area contributed by atoms with Crippen LogP contribution < -0.4 is 0 Å². The van der Waals surface area contributed by atoms with Gasteiger partial charge in [-0.05, 0) is 99.8 Å². The van der Waals surface area contributed by atoms with E-state index < -0.39 is 0 Å². The molecule has 10 rings (SSSR count). The number of hydrogen-bond acceptors (Lipinski definition) is 0. The first-order valence-electron chi connectivity index (χ1n) is 16.5. The summed E-state index contributed by atoms with van der Waals surface area (Å²) in [6.45, 7) is 0. The van der Waals surface area contributed by atoms with Gasteiger partial charge in [-0.25, -0.2) is 0 Å². The van der Waals surface area contributed by atoms with Gasteiger partial charge in [-0.15, -0.1) is 0 Å². The van der Waals surface area contributed by atoms with Crippen molar-refractivity contribution in [2.45, 2.75) is 0 Å². The molecule has 0 amide bonds. The first-order valence-corrected chi connectivity index (χ1v) is 16.5. The van der Waals surface area contributed by atoms with Gasteiger partial charge in [-0.2, -0.15) is 0 Å². The molecule has 224 valence electrons. The van der Waals surface area contributed by atoms with Crippen LogP contribution in [0.4, 0.5) is 0 Å². The summed E-state index contributed by atoms with van der Waals surface area (Å²) in [6.07, 6.45) is 0. The molecule has 0 spiro atoms. The van der Waals surface area contributed by atoms with Crippen LogP contribution in [0.3, 0.4) is 0 Å². The Morgan fingerprint density at radius 2 is 0.708 bits per heavy atom. The van der Waals surface area contributed by atoms with Crippen molar-refractivity contribution in [3.8, 4) is 33.6 Å².